The normalized spacial score (nSPS) is 9.81. The van der Waals surface area contributed by atoms with Crippen LogP contribution in [0.4, 0.5) is 0 Å². The molecule has 1 heterocycles. The second-order valence-corrected chi connectivity index (χ2v) is 3.78. The molecule has 1 aromatic heterocycles. The summed E-state index contributed by atoms with van der Waals surface area (Å²) in [4.78, 5) is 4.45. The maximum Gasteiger partial charge on any atom is 0.102 e. The number of nitriles is 1. The molecule has 2 heteroatoms. The zero-order valence-electron chi connectivity index (χ0n) is 9.36. The molecule has 0 aliphatic heterocycles. The predicted molar refractivity (Wildman–Crippen MR) is 63.9 cm³/mol. The Kier molecular flexibility index (Phi) is 2.70. The van der Waals surface area contributed by atoms with Gasteiger partial charge in [-0.3, -0.25) is 4.98 Å². The number of aromatic nitrogens is 1. The summed E-state index contributed by atoms with van der Waals surface area (Å²) in [7, 11) is 0. The summed E-state index contributed by atoms with van der Waals surface area (Å²) in [5.74, 6) is 0. The van der Waals surface area contributed by atoms with E-state index in [4.69, 9.17) is 5.26 Å². The largest absolute Gasteiger partial charge is 0.252 e. The number of pyridine rings is 1. The van der Waals surface area contributed by atoms with E-state index in [0.717, 1.165) is 22.5 Å². The smallest absolute Gasteiger partial charge is 0.102 e. The second kappa shape index (κ2) is 4.16. The summed E-state index contributed by atoms with van der Waals surface area (Å²) in [6.45, 7) is 3.89. The summed E-state index contributed by atoms with van der Waals surface area (Å²) in [6, 6.07) is 14.0. The van der Waals surface area contributed by atoms with Crippen LogP contribution < -0.4 is 0 Å². The van der Waals surface area contributed by atoms with Gasteiger partial charge in [0.1, 0.15) is 6.07 Å². The van der Waals surface area contributed by atoms with Crippen molar-refractivity contribution in [2.45, 2.75) is 13.8 Å². The standard InChI is InChI=1S/C14H12N2/c1-10-8-11(2)16-14(13(10)9-15)12-6-4-3-5-7-12/h3-8H,1-2H3. The zero-order valence-corrected chi connectivity index (χ0v) is 9.36. The van der Waals surface area contributed by atoms with E-state index in [1.165, 1.54) is 0 Å². The first-order valence-electron chi connectivity index (χ1n) is 5.16. The van der Waals surface area contributed by atoms with E-state index >= 15 is 0 Å². The SMILES string of the molecule is Cc1cc(C)c(C#N)c(-c2ccccc2)n1. The lowest BCUT2D eigenvalue weighted by atomic mass is 10.0. The van der Waals surface area contributed by atoms with Crippen molar-refractivity contribution < 1.29 is 0 Å². The molecule has 0 aliphatic carbocycles. The summed E-state index contributed by atoms with van der Waals surface area (Å²) in [5.41, 5.74) is 4.35. The van der Waals surface area contributed by atoms with E-state index in [1.54, 1.807) is 0 Å². The van der Waals surface area contributed by atoms with Gasteiger partial charge in [0.05, 0.1) is 11.3 Å². The Morgan fingerprint density at radius 2 is 1.81 bits per heavy atom. The molecule has 16 heavy (non-hydrogen) atoms. The fourth-order valence-electron chi connectivity index (χ4n) is 1.78. The Balaban J connectivity index is 2.70. The lowest BCUT2D eigenvalue weighted by Crippen LogP contribution is -1.95. The third kappa shape index (κ3) is 1.80. The van der Waals surface area contributed by atoms with Crippen LogP contribution in [0.2, 0.25) is 0 Å². The van der Waals surface area contributed by atoms with Crippen molar-refractivity contribution in [3.63, 3.8) is 0 Å². The van der Waals surface area contributed by atoms with Crippen LogP contribution in [-0.4, -0.2) is 4.98 Å². The highest BCUT2D eigenvalue weighted by molar-refractivity contribution is 5.68. The van der Waals surface area contributed by atoms with E-state index < -0.39 is 0 Å². The maximum atomic E-state index is 9.16. The first-order valence-corrected chi connectivity index (χ1v) is 5.16. The molecule has 0 spiro atoms. The van der Waals surface area contributed by atoms with E-state index in [0.29, 0.717) is 5.56 Å². The minimum absolute atomic E-state index is 0.664. The average molecular weight is 208 g/mol. The van der Waals surface area contributed by atoms with Crippen LogP contribution >= 0.6 is 0 Å². The third-order valence-electron chi connectivity index (χ3n) is 2.50. The first kappa shape index (κ1) is 10.4. The zero-order chi connectivity index (χ0) is 11.5. The number of hydrogen-bond donors (Lipinski definition) is 0. The molecule has 0 aliphatic rings. The Morgan fingerprint density at radius 1 is 1.12 bits per heavy atom. The van der Waals surface area contributed by atoms with Crippen LogP contribution in [-0.2, 0) is 0 Å². The fraction of sp³-hybridized carbons (Fsp3) is 0.143. The van der Waals surface area contributed by atoms with Crippen molar-refractivity contribution in [2.75, 3.05) is 0 Å². The van der Waals surface area contributed by atoms with Crippen molar-refractivity contribution in [2.24, 2.45) is 0 Å². The van der Waals surface area contributed by atoms with Gasteiger partial charge in [-0.15, -0.1) is 0 Å². The molecule has 0 atom stereocenters. The Labute approximate surface area is 95.2 Å². The predicted octanol–water partition coefficient (Wildman–Crippen LogP) is 3.24. The molecular formula is C14H12N2. The lowest BCUT2D eigenvalue weighted by molar-refractivity contribution is 1.17. The van der Waals surface area contributed by atoms with Crippen molar-refractivity contribution in [1.82, 2.24) is 4.98 Å². The van der Waals surface area contributed by atoms with Gasteiger partial charge in [0.2, 0.25) is 0 Å². The monoisotopic (exact) mass is 208 g/mol. The van der Waals surface area contributed by atoms with E-state index in [2.05, 4.69) is 11.1 Å². The number of benzene rings is 1. The van der Waals surface area contributed by atoms with Crippen molar-refractivity contribution in [1.29, 1.82) is 5.26 Å². The summed E-state index contributed by atoms with van der Waals surface area (Å²) in [6.07, 6.45) is 0. The Hall–Kier alpha value is -2.14. The molecule has 0 fully saturated rings. The van der Waals surface area contributed by atoms with Crippen LogP contribution in [0.1, 0.15) is 16.8 Å². The van der Waals surface area contributed by atoms with Gasteiger partial charge < -0.3 is 0 Å². The Morgan fingerprint density at radius 3 is 2.44 bits per heavy atom. The van der Waals surface area contributed by atoms with Gasteiger partial charge in [-0.1, -0.05) is 30.3 Å². The van der Waals surface area contributed by atoms with Crippen LogP contribution in [0.25, 0.3) is 11.3 Å². The molecule has 2 nitrogen and oxygen atoms in total. The van der Waals surface area contributed by atoms with Crippen molar-refractivity contribution >= 4 is 0 Å². The molecule has 0 radical (unpaired) electrons. The highest BCUT2D eigenvalue weighted by Gasteiger charge is 2.09. The minimum atomic E-state index is 0.664. The van der Waals surface area contributed by atoms with Gasteiger partial charge >= 0.3 is 0 Å². The molecule has 0 unspecified atom stereocenters. The number of rotatable bonds is 1. The third-order valence-corrected chi connectivity index (χ3v) is 2.50. The summed E-state index contributed by atoms with van der Waals surface area (Å²) >= 11 is 0. The molecule has 0 bridgehead atoms. The molecule has 0 saturated carbocycles. The number of hydrogen-bond acceptors (Lipinski definition) is 2. The maximum absolute atomic E-state index is 9.16. The molecule has 1 aromatic carbocycles. The van der Waals surface area contributed by atoms with Gasteiger partial charge in [0, 0.05) is 11.3 Å². The van der Waals surface area contributed by atoms with Crippen LogP contribution in [0, 0.1) is 25.2 Å². The van der Waals surface area contributed by atoms with E-state index in [-0.39, 0.29) is 0 Å². The summed E-state index contributed by atoms with van der Waals surface area (Å²) < 4.78 is 0. The molecule has 0 amide bonds. The number of aryl methyl sites for hydroxylation is 2. The van der Waals surface area contributed by atoms with Gasteiger partial charge in [0.15, 0.2) is 0 Å². The quantitative estimate of drug-likeness (QED) is 0.721. The van der Waals surface area contributed by atoms with Crippen LogP contribution in [0.15, 0.2) is 36.4 Å². The van der Waals surface area contributed by atoms with E-state index in [1.807, 2.05) is 50.2 Å². The molecule has 0 saturated heterocycles. The molecule has 2 rings (SSSR count). The van der Waals surface area contributed by atoms with E-state index in [9.17, 15) is 0 Å². The van der Waals surface area contributed by atoms with Crippen LogP contribution in [0.3, 0.4) is 0 Å². The van der Waals surface area contributed by atoms with Gasteiger partial charge in [-0.25, -0.2) is 0 Å². The second-order valence-electron chi connectivity index (χ2n) is 3.78. The Bertz CT molecular complexity index is 551. The van der Waals surface area contributed by atoms with Crippen molar-refractivity contribution in [3.8, 4) is 17.3 Å². The molecule has 0 N–H and O–H groups in total. The van der Waals surface area contributed by atoms with Gasteiger partial charge in [-0.05, 0) is 25.5 Å². The fourth-order valence-corrected chi connectivity index (χ4v) is 1.78. The molecule has 78 valence electrons. The number of nitrogens with zero attached hydrogens (tertiary/aromatic N) is 2. The van der Waals surface area contributed by atoms with Gasteiger partial charge in [0.25, 0.3) is 0 Å². The molecule has 2 aromatic rings. The lowest BCUT2D eigenvalue weighted by Gasteiger charge is -2.07. The highest BCUT2D eigenvalue weighted by Crippen LogP contribution is 2.23. The van der Waals surface area contributed by atoms with Crippen LogP contribution in [0.5, 0.6) is 0 Å². The topological polar surface area (TPSA) is 36.7 Å². The average Bonchev–Trinajstić information content (AvgIpc) is 2.29. The summed E-state index contributed by atoms with van der Waals surface area (Å²) in [5, 5.41) is 9.16. The van der Waals surface area contributed by atoms with Gasteiger partial charge in [-0.2, -0.15) is 5.26 Å². The van der Waals surface area contributed by atoms with Crippen molar-refractivity contribution in [3.05, 3.63) is 53.2 Å². The minimum Gasteiger partial charge on any atom is -0.252 e. The highest BCUT2D eigenvalue weighted by atomic mass is 14.7. The first-order chi connectivity index (χ1) is 7.72. The molecular weight excluding hydrogens is 196 g/mol.